The molecule has 0 aliphatic rings. The summed E-state index contributed by atoms with van der Waals surface area (Å²) in [4.78, 5) is 10.8. The molecule has 12 heavy (non-hydrogen) atoms. The molecule has 2 rings (SSSR count). The molecule has 1 radical (unpaired) electrons. The summed E-state index contributed by atoms with van der Waals surface area (Å²) in [6.07, 6.45) is 0. The molecule has 2 aromatic rings. The van der Waals surface area contributed by atoms with Gasteiger partial charge >= 0.3 is 0 Å². The van der Waals surface area contributed by atoms with Crippen molar-refractivity contribution in [3.63, 3.8) is 0 Å². The number of fused-ring (bicyclic) bond motifs is 1. The fourth-order valence-corrected chi connectivity index (χ4v) is 2.09. The number of benzene rings is 1. The zero-order valence-electron chi connectivity index (χ0n) is 6.20. The van der Waals surface area contributed by atoms with Gasteiger partial charge in [-0.25, -0.2) is 0 Å². The number of hydrogen-bond donors (Lipinski definition) is 0. The van der Waals surface area contributed by atoms with Crippen LogP contribution in [0.5, 0.6) is 0 Å². The first kappa shape index (κ1) is 7.31. The molecule has 59 valence electrons. The van der Waals surface area contributed by atoms with Gasteiger partial charge in [0.25, 0.3) is 5.91 Å². The molecule has 0 aliphatic heterocycles. The summed E-state index contributed by atoms with van der Waals surface area (Å²) < 4.78 is 1.06. The summed E-state index contributed by atoms with van der Waals surface area (Å²) in [6.45, 7) is 0. The van der Waals surface area contributed by atoms with Crippen LogP contribution in [0.4, 0.5) is 0 Å². The standard InChI is InChI=1S/C9H6NOS/c10-9(11)7-5-12-8-4-2-1-3-6(7)8/h1-5,10H. The van der Waals surface area contributed by atoms with E-state index in [9.17, 15) is 4.79 Å². The minimum Gasteiger partial charge on any atom is -0.267 e. The zero-order chi connectivity index (χ0) is 8.55. The molecule has 0 atom stereocenters. The van der Waals surface area contributed by atoms with Crippen molar-refractivity contribution in [2.45, 2.75) is 0 Å². The van der Waals surface area contributed by atoms with Gasteiger partial charge in [-0.2, -0.15) is 0 Å². The van der Waals surface area contributed by atoms with Crippen LogP contribution in [0.3, 0.4) is 0 Å². The summed E-state index contributed by atoms with van der Waals surface area (Å²) in [7, 11) is 0. The van der Waals surface area contributed by atoms with Crippen molar-refractivity contribution in [1.82, 2.24) is 5.73 Å². The Morgan fingerprint density at radius 3 is 2.83 bits per heavy atom. The Hall–Kier alpha value is -1.35. The number of carbonyl (C=O) groups is 1. The van der Waals surface area contributed by atoms with E-state index in [0.717, 1.165) is 10.1 Å². The fraction of sp³-hybridized carbons (Fsp3) is 0. The predicted molar refractivity (Wildman–Crippen MR) is 49.3 cm³/mol. The minimum atomic E-state index is -0.604. The lowest BCUT2D eigenvalue weighted by molar-refractivity contribution is 0.0994. The summed E-state index contributed by atoms with van der Waals surface area (Å²) in [5.74, 6) is -0.604. The third kappa shape index (κ3) is 0.987. The Morgan fingerprint density at radius 2 is 2.08 bits per heavy atom. The predicted octanol–water partition coefficient (Wildman–Crippen LogP) is 2.32. The quantitative estimate of drug-likeness (QED) is 0.657. The molecule has 2 nitrogen and oxygen atoms in total. The van der Waals surface area contributed by atoms with Gasteiger partial charge in [0, 0.05) is 15.5 Å². The van der Waals surface area contributed by atoms with Gasteiger partial charge in [0.1, 0.15) is 0 Å². The highest BCUT2D eigenvalue weighted by Crippen LogP contribution is 2.24. The van der Waals surface area contributed by atoms with E-state index >= 15 is 0 Å². The van der Waals surface area contributed by atoms with Crippen LogP contribution in [-0.2, 0) is 0 Å². The lowest BCUT2D eigenvalue weighted by Crippen LogP contribution is -1.95. The highest BCUT2D eigenvalue weighted by molar-refractivity contribution is 7.17. The van der Waals surface area contributed by atoms with Gasteiger partial charge in [0.2, 0.25) is 0 Å². The highest BCUT2D eigenvalue weighted by Gasteiger charge is 2.07. The van der Waals surface area contributed by atoms with Gasteiger partial charge in [-0.05, 0) is 6.07 Å². The average molecular weight is 176 g/mol. The maximum atomic E-state index is 10.8. The van der Waals surface area contributed by atoms with E-state index in [1.165, 1.54) is 11.3 Å². The van der Waals surface area contributed by atoms with E-state index in [2.05, 4.69) is 0 Å². The second-order valence-corrected chi connectivity index (χ2v) is 3.39. The van der Waals surface area contributed by atoms with Crippen LogP contribution in [0.25, 0.3) is 10.1 Å². The molecule has 1 heterocycles. The molecule has 0 aliphatic carbocycles. The van der Waals surface area contributed by atoms with E-state index in [4.69, 9.17) is 5.73 Å². The van der Waals surface area contributed by atoms with E-state index in [0.29, 0.717) is 5.56 Å². The minimum absolute atomic E-state index is 0.510. The number of nitrogens with one attached hydrogen (secondary N) is 1. The molecule has 1 aromatic carbocycles. The number of carbonyl (C=O) groups excluding carboxylic acids is 1. The fourth-order valence-electron chi connectivity index (χ4n) is 1.15. The number of amides is 1. The van der Waals surface area contributed by atoms with E-state index in [1.807, 2.05) is 24.3 Å². The average Bonchev–Trinajstić information content (AvgIpc) is 2.47. The van der Waals surface area contributed by atoms with Crippen LogP contribution in [-0.4, -0.2) is 5.91 Å². The number of thiophene rings is 1. The van der Waals surface area contributed by atoms with Crippen molar-refractivity contribution in [2.75, 3.05) is 0 Å². The SMILES string of the molecule is [NH]C(=O)c1csc2ccccc12. The number of rotatable bonds is 1. The Bertz CT molecular complexity index is 433. The summed E-state index contributed by atoms with van der Waals surface area (Å²) in [5.41, 5.74) is 7.50. The van der Waals surface area contributed by atoms with E-state index < -0.39 is 5.91 Å². The summed E-state index contributed by atoms with van der Waals surface area (Å²) >= 11 is 1.50. The first-order valence-corrected chi connectivity index (χ1v) is 4.39. The summed E-state index contributed by atoms with van der Waals surface area (Å²) in [6, 6.07) is 7.62. The van der Waals surface area contributed by atoms with Crippen LogP contribution in [0.2, 0.25) is 0 Å². The lowest BCUT2D eigenvalue weighted by Gasteiger charge is -1.89. The first-order chi connectivity index (χ1) is 5.79. The van der Waals surface area contributed by atoms with Crippen molar-refractivity contribution in [3.05, 3.63) is 35.2 Å². The zero-order valence-corrected chi connectivity index (χ0v) is 7.02. The second kappa shape index (κ2) is 2.60. The molecule has 0 spiro atoms. The van der Waals surface area contributed by atoms with Crippen molar-refractivity contribution in [2.24, 2.45) is 0 Å². The van der Waals surface area contributed by atoms with Crippen molar-refractivity contribution >= 4 is 27.3 Å². The van der Waals surface area contributed by atoms with E-state index in [-0.39, 0.29) is 0 Å². The lowest BCUT2D eigenvalue weighted by atomic mass is 10.2. The van der Waals surface area contributed by atoms with Crippen LogP contribution >= 0.6 is 11.3 Å². The maximum Gasteiger partial charge on any atom is 0.271 e. The molecule has 0 unspecified atom stereocenters. The van der Waals surface area contributed by atoms with Crippen molar-refractivity contribution in [3.8, 4) is 0 Å². The van der Waals surface area contributed by atoms with Gasteiger partial charge in [-0.1, -0.05) is 18.2 Å². The smallest absolute Gasteiger partial charge is 0.267 e. The molecular formula is C9H6NOS. The second-order valence-electron chi connectivity index (χ2n) is 2.47. The van der Waals surface area contributed by atoms with Crippen molar-refractivity contribution < 1.29 is 4.79 Å². The molecule has 1 aromatic heterocycles. The Labute approximate surface area is 73.6 Å². The molecular weight excluding hydrogens is 170 g/mol. The van der Waals surface area contributed by atoms with Gasteiger partial charge in [-0.15, -0.1) is 11.3 Å². The Kier molecular flexibility index (Phi) is 1.59. The maximum absolute atomic E-state index is 10.8. The first-order valence-electron chi connectivity index (χ1n) is 3.51. The Balaban J connectivity index is 2.79. The van der Waals surface area contributed by atoms with Gasteiger partial charge in [0.15, 0.2) is 0 Å². The monoisotopic (exact) mass is 176 g/mol. The molecule has 0 fully saturated rings. The molecule has 1 amide bonds. The molecule has 0 saturated carbocycles. The van der Waals surface area contributed by atoms with Gasteiger partial charge in [0.05, 0.1) is 5.56 Å². The normalized spacial score (nSPS) is 10.3. The molecule has 1 N–H and O–H groups in total. The molecule has 0 saturated heterocycles. The molecule has 0 bridgehead atoms. The third-order valence-corrected chi connectivity index (χ3v) is 2.69. The molecule has 3 heteroatoms. The largest absolute Gasteiger partial charge is 0.271 e. The number of hydrogen-bond acceptors (Lipinski definition) is 2. The van der Waals surface area contributed by atoms with E-state index in [1.54, 1.807) is 5.38 Å². The van der Waals surface area contributed by atoms with Gasteiger partial charge in [-0.3, -0.25) is 10.5 Å². The van der Waals surface area contributed by atoms with Crippen molar-refractivity contribution in [1.29, 1.82) is 0 Å². The Morgan fingerprint density at radius 1 is 1.33 bits per heavy atom. The summed E-state index contributed by atoms with van der Waals surface area (Å²) in [5, 5.41) is 2.63. The van der Waals surface area contributed by atoms with Gasteiger partial charge < -0.3 is 0 Å². The third-order valence-electron chi connectivity index (χ3n) is 1.73. The van der Waals surface area contributed by atoms with Crippen LogP contribution in [0.15, 0.2) is 29.6 Å². The van der Waals surface area contributed by atoms with Crippen LogP contribution < -0.4 is 5.73 Å². The van der Waals surface area contributed by atoms with Crippen LogP contribution in [0.1, 0.15) is 10.4 Å². The highest BCUT2D eigenvalue weighted by atomic mass is 32.1. The van der Waals surface area contributed by atoms with Crippen LogP contribution in [0, 0.1) is 0 Å². The topological polar surface area (TPSA) is 40.9 Å².